The zero-order chi connectivity index (χ0) is 55.3. The number of ether oxygens (including phenoxy) is 1. The Balaban J connectivity index is 0.000000142. The van der Waals surface area contributed by atoms with Crippen molar-refractivity contribution in [3.05, 3.63) is 0 Å². The minimum atomic E-state index is 0.0290. The van der Waals surface area contributed by atoms with Crippen LogP contribution in [0.2, 0.25) is 0 Å². The molecule has 12 heterocycles. The molecule has 6 bridgehead atoms. The maximum atomic E-state index is 11.9. The van der Waals surface area contributed by atoms with Crippen molar-refractivity contribution in [2.75, 3.05) is 189 Å². The molecule has 13 rings (SSSR count). The highest BCUT2D eigenvalue weighted by molar-refractivity contribution is 5.84. The molecule has 1 saturated carbocycles. The van der Waals surface area contributed by atoms with E-state index < -0.39 is 0 Å². The highest BCUT2D eigenvalue weighted by atomic mass is 16.5. The van der Waals surface area contributed by atoms with Crippen LogP contribution in [0, 0.1) is 52.8 Å². The zero-order valence-corrected chi connectivity index (χ0v) is 52.9. The van der Waals surface area contributed by atoms with Gasteiger partial charge in [0.1, 0.15) is 0 Å². The van der Waals surface area contributed by atoms with E-state index in [1.165, 1.54) is 156 Å². The minimum absolute atomic E-state index is 0.0290. The average molecular weight is 1070 g/mol. The number of likely N-dealkylation sites (N-methyl/N-ethyl adjacent to an activating group) is 3. The van der Waals surface area contributed by atoms with Crippen molar-refractivity contribution in [1.29, 1.82) is 0 Å². The van der Waals surface area contributed by atoms with Crippen LogP contribution in [0.1, 0.15) is 131 Å². The maximum absolute atomic E-state index is 11.9. The molecule has 12 saturated heterocycles. The summed E-state index contributed by atoms with van der Waals surface area (Å²) >= 11 is 0. The van der Waals surface area contributed by atoms with Crippen LogP contribution >= 0.6 is 0 Å². The molecule has 0 aromatic carbocycles. The van der Waals surface area contributed by atoms with Gasteiger partial charge in [0.05, 0.1) is 24.8 Å². The summed E-state index contributed by atoms with van der Waals surface area (Å²) in [6.07, 6.45) is 20.8. The van der Waals surface area contributed by atoms with E-state index in [4.69, 9.17) is 4.74 Å². The topological polar surface area (TPSA) is 61.9 Å². The number of nitrogens with zero attached hydrogens (tertiary/aromatic N) is 11. The number of hydrogen-bond donors (Lipinski definition) is 0. The lowest BCUT2D eigenvalue weighted by Gasteiger charge is -2.35. The molecule has 12 aliphatic heterocycles. The van der Waals surface area contributed by atoms with Crippen LogP contribution in [0.25, 0.3) is 0 Å². The Morgan fingerprint density at radius 3 is 1.32 bits per heavy atom. The first-order valence-electron chi connectivity index (χ1n) is 31.9. The summed E-state index contributed by atoms with van der Waals surface area (Å²) in [4.78, 5) is 38.0. The van der Waals surface area contributed by atoms with Gasteiger partial charge in [0.25, 0.3) is 0 Å². The number of carbonyl (C=O) groups is 1. The van der Waals surface area contributed by atoms with Gasteiger partial charge in [0, 0.05) is 96.7 Å². The van der Waals surface area contributed by atoms with Gasteiger partial charge in [-0.05, 0) is 254 Å². The number of morpholine rings is 1. The van der Waals surface area contributed by atoms with E-state index in [0.29, 0.717) is 18.1 Å². The molecule has 1 aliphatic carbocycles. The van der Waals surface area contributed by atoms with Crippen molar-refractivity contribution in [1.82, 2.24) is 53.9 Å². The van der Waals surface area contributed by atoms with E-state index in [1.807, 2.05) is 11.9 Å². The normalized spacial score (nSPS) is 38.2. The number of likely N-dealkylation sites (tertiary alicyclic amines) is 7. The van der Waals surface area contributed by atoms with Crippen molar-refractivity contribution >= 4 is 5.91 Å². The summed E-state index contributed by atoms with van der Waals surface area (Å²) in [5.74, 6) is 8.35. The molecule has 8 atom stereocenters. The van der Waals surface area contributed by atoms with Gasteiger partial charge in [-0.3, -0.25) is 19.5 Å². The molecule has 13 aliphatic rings. The Hall–Kier alpha value is -0.970. The van der Waals surface area contributed by atoms with Crippen LogP contribution in [-0.4, -0.2) is 279 Å². The fourth-order valence-corrected chi connectivity index (χ4v) is 16.0. The second-order valence-corrected chi connectivity index (χ2v) is 28.6. The third-order valence-electron chi connectivity index (χ3n) is 21.5. The lowest BCUT2D eigenvalue weighted by molar-refractivity contribution is -0.137. The van der Waals surface area contributed by atoms with E-state index in [1.54, 1.807) is 0 Å². The lowest BCUT2D eigenvalue weighted by atomic mass is 9.77. The van der Waals surface area contributed by atoms with E-state index in [-0.39, 0.29) is 5.41 Å². The van der Waals surface area contributed by atoms with Gasteiger partial charge >= 0.3 is 0 Å². The molecule has 1 amide bonds. The summed E-state index contributed by atoms with van der Waals surface area (Å²) in [5.41, 5.74) is 0.0290. The first-order chi connectivity index (χ1) is 36.1. The Morgan fingerprint density at radius 1 is 0.408 bits per heavy atom. The average Bonchev–Trinajstić information content (AvgIpc) is 4.22. The van der Waals surface area contributed by atoms with E-state index in [0.717, 1.165) is 118 Å². The second-order valence-electron chi connectivity index (χ2n) is 28.6. The first kappa shape index (κ1) is 64.2. The largest absolute Gasteiger partial charge is 0.375 e. The van der Waals surface area contributed by atoms with E-state index in [9.17, 15) is 4.79 Å². The van der Waals surface area contributed by atoms with Gasteiger partial charge < -0.3 is 43.9 Å². The Morgan fingerprint density at radius 2 is 0.895 bits per heavy atom. The van der Waals surface area contributed by atoms with Gasteiger partial charge in [0.15, 0.2) is 0 Å². The molecule has 13 heteroatoms. The summed E-state index contributed by atoms with van der Waals surface area (Å²) in [7, 11) is 24.0. The fraction of sp³-hybridized carbons (Fsp3) is 0.984. The standard InChI is InChI=1S/C10H18N2O.2C9H17N.C8H16N2.C8H15NO.2C7H15N.C5H12N2/c1-11-6-3-10(4-7-11)5-8-12(2)9(10)13;1-7-8-3-4-9(7)6-10(2)5-8;1-7-5-8-3-4-9(6-7)10(8)2;1-9-3-7-5-10(2)6-8(7)4-9;1-6-8-4-3-7(5-10-6)9(8)2;1-7-3-5-8(2)6-4-7;1-7-4-3-5-8(2)6-7;1-6-3-4-7(2)5-6/h3-8H2,1-2H3;2*7-9H,3-6H2,1-2H3;7-8H,3-6H2,1-2H3;6-8H,3-5H2,1-2H3;2*7H,3-6H2,1-2H3;3-5H2,1-2H3/t;;;;6-,7?,8?;;7-;/m....1.0./s1. The number of piperidine rings is 5. The SMILES string of the molecule is CC1C2CCC1CN(C)C2.CC1CC2CCC(C1)N2C.CC1CCN(C)CC1.CN1CC2CN(C)CC2C1.CN1CCC2(CC1)CCN(C)C2=O.CN1CCN(C)C1.C[C@H]1CCCN(C)C1.C[C@H]1OCC2CCC1N2C. The summed E-state index contributed by atoms with van der Waals surface area (Å²) < 4.78 is 5.59. The summed E-state index contributed by atoms with van der Waals surface area (Å²) in [6, 6.07) is 3.31. The third kappa shape index (κ3) is 19.3. The molecule has 0 aromatic heterocycles. The summed E-state index contributed by atoms with van der Waals surface area (Å²) in [6.45, 7) is 32.6. The van der Waals surface area contributed by atoms with Gasteiger partial charge in [-0.25, -0.2) is 0 Å². The van der Waals surface area contributed by atoms with Gasteiger partial charge in [-0.2, -0.15) is 0 Å². The number of hydrogen-bond acceptors (Lipinski definition) is 12. The molecule has 6 unspecified atom stereocenters. The molecule has 444 valence electrons. The van der Waals surface area contributed by atoms with Crippen LogP contribution in [0.5, 0.6) is 0 Å². The first-order valence-corrected chi connectivity index (χ1v) is 31.9. The van der Waals surface area contributed by atoms with Crippen molar-refractivity contribution in [3.8, 4) is 0 Å². The number of amides is 1. The predicted octanol–water partition coefficient (Wildman–Crippen LogP) is 7.53. The maximum Gasteiger partial charge on any atom is 0.228 e. The van der Waals surface area contributed by atoms with Crippen molar-refractivity contribution in [2.24, 2.45) is 52.8 Å². The van der Waals surface area contributed by atoms with Crippen molar-refractivity contribution < 1.29 is 9.53 Å². The van der Waals surface area contributed by atoms with Crippen LogP contribution in [0.15, 0.2) is 0 Å². The predicted molar refractivity (Wildman–Crippen MR) is 321 cm³/mol. The molecular formula is C63H125N11O2. The third-order valence-corrected chi connectivity index (χ3v) is 21.5. The summed E-state index contributed by atoms with van der Waals surface area (Å²) in [5, 5.41) is 0. The lowest BCUT2D eigenvalue weighted by Crippen LogP contribution is -2.47. The van der Waals surface area contributed by atoms with Gasteiger partial charge in [-0.1, -0.05) is 27.7 Å². The van der Waals surface area contributed by atoms with Crippen molar-refractivity contribution in [2.45, 2.75) is 161 Å². The fourth-order valence-electron chi connectivity index (χ4n) is 16.0. The van der Waals surface area contributed by atoms with Crippen LogP contribution in [-0.2, 0) is 9.53 Å². The smallest absolute Gasteiger partial charge is 0.228 e. The Kier molecular flexibility index (Phi) is 26.1. The Labute approximate surface area is 470 Å². The van der Waals surface area contributed by atoms with Gasteiger partial charge in [-0.15, -0.1) is 0 Å². The molecule has 76 heavy (non-hydrogen) atoms. The number of rotatable bonds is 0. The van der Waals surface area contributed by atoms with Crippen LogP contribution < -0.4 is 0 Å². The molecule has 0 radical (unpaired) electrons. The number of fused-ring (bicyclic) bond motifs is 7. The molecular weight excluding hydrogens is 943 g/mol. The van der Waals surface area contributed by atoms with Crippen molar-refractivity contribution in [3.63, 3.8) is 0 Å². The molecule has 1 spiro atoms. The van der Waals surface area contributed by atoms with E-state index >= 15 is 0 Å². The minimum Gasteiger partial charge on any atom is -0.375 e. The number of carbonyl (C=O) groups excluding carboxylic acids is 1. The molecule has 0 N–H and O–H groups in total. The molecule has 13 nitrogen and oxygen atoms in total. The molecule has 0 aromatic rings. The quantitative estimate of drug-likeness (QED) is 0.241. The van der Waals surface area contributed by atoms with Crippen LogP contribution in [0.3, 0.4) is 0 Å². The second kappa shape index (κ2) is 30.9. The van der Waals surface area contributed by atoms with E-state index in [2.05, 4.69) is 154 Å². The molecule has 13 fully saturated rings. The Bertz CT molecular complexity index is 1530. The zero-order valence-electron chi connectivity index (χ0n) is 52.9. The van der Waals surface area contributed by atoms with Gasteiger partial charge in [0.2, 0.25) is 5.91 Å². The highest BCUT2D eigenvalue weighted by Gasteiger charge is 2.46. The monoisotopic (exact) mass is 1070 g/mol. The highest BCUT2D eigenvalue weighted by Crippen LogP contribution is 2.42. The van der Waals surface area contributed by atoms with Crippen LogP contribution in [0.4, 0.5) is 0 Å².